The number of carbonyl (C=O) groups is 2. The van der Waals surface area contributed by atoms with E-state index >= 15 is 0 Å². The topological polar surface area (TPSA) is 194 Å². The van der Waals surface area contributed by atoms with Crippen LogP contribution in [0.5, 0.6) is 17.2 Å². The number of piperidine rings is 1. The van der Waals surface area contributed by atoms with Gasteiger partial charge in [0, 0.05) is 63.2 Å². The largest absolute Gasteiger partial charge is 0.508 e. The first-order valence-corrected chi connectivity index (χ1v) is 20.2. The van der Waals surface area contributed by atoms with E-state index < -0.39 is 5.69 Å². The number of phenols is 2. The van der Waals surface area contributed by atoms with Crippen LogP contribution >= 0.6 is 0 Å². The Labute approximate surface area is 353 Å². The van der Waals surface area contributed by atoms with Crippen molar-refractivity contribution < 1.29 is 24.5 Å². The van der Waals surface area contributed by atoms with Crippen LogP contribution < -0.4 is 35.8 Å². The number of hydrogen-bond acceptors (Lipinski definition) is 12. The summed E-state index contributed by atoms with van der Waals surface area (Å²) in [5.74, 6) is 1.36. The molecule has 6 aromatic rings. The highest BCUT2D eigenvalue weighted by molar-refractivity contribution is 5.84. The van der Waals surface area contributed by atoms with Crippen LogP contribution in [0, 0.1) is 12.8 Å². The van der Waals surface area contributed by atoms with Gasteiger partial charge in [-0.15, -0.1) is 0 Å². The molecule has 1 aliphatic rings. The molecule has 2 amide bonds. The van der Waals surface area contributed by atoms with E-state index in [9.17, 15) is 24.6 Å². The lowest BCUT2D eigenvalue weighted by Gasteiger charge is -2.33. The number of para-hydroxylation sites is 1. The van der Waals surface area contributed by atoms with Crippen molar-refractivity contribution in [2.75, 3.05) is 53.8 Å². The molecule has 0 saturated carbocycles. The predicted molar refractivity (Wildman–Crippen MR) is 236 cm³/mol. The summed E-state index contributed by atoms with van der Waals surface area (Å²) < 4.78 is 7.44. The zero-order valence-electron chi connectivity index (χ0n) is 34.8. The second-order valence-electron chi connectivity index (χ2n) is 14.9. The fourth-order valence-electron chi connectivity index (χ4n) is 7.54. The summed E-state index contributed by atoms with van der Waals surface area (Å²) in [5, 5.41) is 33.7. The van der Waals surface area contributed by atoms with Crippen molar-refractivity contribution in [3.05, 3.63) is 112 Å². The second kappa shape index (κ2) is 18.3. The van der Waals surface area contributed by atoms with Crippen molar-refractivity contribution in [2.24, 2.45) is 5.92 Å². The molecule has 0 radical (unpaired) electrons. The fraction of sp³-hybridized carbons (Fsp3) is 0.289. The lowest BCUT2D eigenvalue weighted by molar-refractivity contribution is -0.125. The Bertz CT molecular complexity index is 2580. The zero-order valence-corrected chi connectivity index (χ0v) is 34.8. The van der Waals surface area contributed by atoms with E-state index in [2.05, 4.69) is 30.7 Å². The van der Waals surface area contributed by atoms with Crippen molar-refractivity contribution in [3.63, 3.8) is 0 Å². The molecule has 0 spiro atoms. The number of nitrogens with one attached hydrogen (secondary N) is 3. The molecule has 7 rings (SSSR count). The molecule has 2 aromatic heterocycles. The van der Waals surface area contributed by atoms with Crippen molar-refractivity contribution in [2.45, 2.75) is 46.6 Å². The molecule has 316 valence electrons. The Balaban J connectivity index is 0.975. The Morgan fingerprint density at radius 3 is 2.41 bits per heavy atom. The van der Waals surface area contributed by atoms with Crippen LogP contribution in [0.4, 0.5) is 34.5 Å². The monoisotopic (exact) mass is 826 g/mol. The summed E-state index contributed by atoms with van der Waals surface area (Å²) in [5.41, 5.74) is 6.05. The van der Waals surface area contributed by atoms with E-state index in [-0.39, 0.29) is 29.1 Å². The molecule has 0 bridgehead atoms. The number of aromatic nitrogens is 5. The lowest BCUT2D eigenvalue weighted by atomic mass is 9.95. The molecule has 16 nitrogen and oxygen atoms in total. The molecule has 4 aromatic carbocycles. The smallest absolute Gasteiger partial charge is 0.348 e. The first-order chi connectivity index (χ1) is 29.5. The number of nitrogens with zero attached hydrogens (tertiary/aromatic N) is 7. The molecule has 1 saturated heterocycles. The average Bonchev–Trinajstić information content (AvgIpc) is 3.66. The van der Waals surface area contributed by atoms with Crippen LogP contribution in [0.1, 0.15) is 43.4 Å². The third-order valence-corrected chi connectivity index (χ3v) is 11.0. The van der Waals surface area contributed by atoms with Gasteiger partial charge in [-0.25, -0.2) is 19.4 Å². The third kappa shape index (κ3) is 8.98. The standard InChI is InChI=1S/C45H50N10O6/c1-6-30-22-34(39(58)24-38(30)57)41-50-51-45(60)55(41)32-14-12-29(13-15-32)25-46-43(59)31-18-20-54(21-19-31)33-16-17-35(40(23-33)61-7-2)48-44-47-26-37(52(4)27-56)42(49-44)53(5)36-11-9-8-10-28(36)3/h8-17,22-24,26-27,31,57-58H,6-7,18-21,25H2,1-5H3,(H,46,59)(H,51,60)(H,47,48,49). The van der Waals surface area contributed by atoms with Gasteiger partial charge in [0.2, 0.25) is 18.3 Å². The summed E-state index contributed by atoms with van der Waals surface area (Å²) in [6.07, 6.45) is 4.23. The Kier molecular flexibility index (Phi) is 12.5. The summed E-state index contributed by atoms with van der Waals surface area (Å²) in [4.78, 5) is 52.9. The molecular weight excluding hydrogens is 777 g/mol. The Morgan fingerprint density at radius 1 is 0.967 bits per heavy atom. The Hall–Kier alpha value is -7.36. The number of ether oxygens (including phenoxy) is 1. The van der Waals surface area contributed by atoms with Gasteiger partial charge in [-0.3, -0.25) is 9.59 Å². The maximum atomic E-state index is 13.3. The summed E-state index contributed by atoms with van der Waals surface area (Å²) in [6.45, 7) is 7.97. The van der Waals surface area contributed by atoms with Gasteiger partial charge in [-0.05, 0) is 86.2 Å². The normalized spacial score (nSPS) is 12.8. The number of aryl methyl sites for hydroxylation is 2. The van der Waals surface area contributed by atoms with Gasteiger partial charge in [0.1, 0.15) is 22.9 Å². The number of carbonyl (C=O) groups excluding carboxylic acids is 2. The van der Waals surface area contributed by atoms with E-state index in [1.54, 1.807) is 31.4 Å². The molecule has 1 aliphatic heterocycles. The van der Waals surface area contributed by atoms with E-state index in [1.165, 1.54) is 15.5 Å². The van der Waals surface area contributed by atoms with Gasteiger partial charge in [0.15, 0.2) is 11.6 Å². The molecular formula is C45H50N10O6. The molecule has 61 heavy (non-hydrogen) atoms. The Morgan fingerprint density at radius 2 is 1.70 bits per heavy atom. The van der Waals surface area contributed by atoms with Gasteiger partial charge >= 0.3 is 5.69 Å². The van der Waals surface area contributed by atoms with E-state index in [0.717, 1.165) is 28.9 Å². The van der Waals surface area contributed by atoms with Gasteiger partial charge in [-0.1, -0.05) is 37.3 Å². The summed E-state index contributed by atoms with van der Waals surface area (Å²) in [6, 6.07) is 23.9. The number of phenolic OH excluding ortho intramolecular Hbond substituents is 2. The predicted octanol–water partition coefficient (Wildman–Crippen LogP) is 6.34. The number of hydrogen-bond donors (Lipinski definition) is 5. The number of anilines is 6. The average molecular weight is 827 g/mol. The minimum atomic E-state index is -0.479. The van der Waals surface area contributed by atoms with Crippen LogP contribution in [0.15, 0.2) is 89.9 Å². The van der Waals surface area contributed by atoms with Gasteiger partial charge in [-0.2, -0.15) is 10.1 Å². The maximum Gasteiger partial charge on any atom is 0.348 e. The first-order valence-electron chi connectivity index (χ1n) is 20.2. The summed E-state index contributed by atoms with van der Waals surface area (Å²) in [7, 11) is 3.57. The number of aromatic amines is 1. The van der Waals surface area contributed by atoms with Crippen LogP contribution in [0.3, 0.4) is 0 Å². The third-order valence-electron chi connectivity index (χ3n) is 11.0. The molecule has 3 heterocycles. The van der Waals surface area contributed by atoms with Crippen molar-refractivity contribution in [1.29, 1.82) is 0 Å². The van der Waals surface area contributed by atoms with E-state index in [0.29, 0.717) is 91.2 Å². The molecule has 16 heteroatoms. The molecule has 5 N–H and O–H groups in total. The second-order valence-corrected chi connectivity index (χ2v) is 14.9. The lowest BCUT2D eigenvalue weighted by Crippen LogP contribution is -2.40. The minimum absolute atomic E-state index is 0.0149. The maximum absolute atomic E-state index is 13.3. The SMILES string of the molecule is CCOc1cc(N2CCC(C(=O)NCc3ccc(-n4c(-c5cc(CC)c(O)cc5O)n[nH]c4=O)cc3)CC2)ccc1Nc1ncc(N(C)C=O)c(N(C)c2ccccc2C)n1. The molecule has 0 unspecified atom stereocenters. The number of aromatic hydroxyl groups is 2. The fourth-order valence-corrected chi connectivity index (χ4v) is 7.54. The van der Waals surface area contributed by atoms with Gasteiger partial charge in [0.05, 0.1) is 29.7 Å². The number of rotatable bonds is 15. The summed E-state index contributed by atoms with van der Waals surface area (Å²) >= 11 is 0. The molecule has 1 fully saturated rings. The van der Waals surface area contributed by atoms with Crippen LogP contribution in [-0.2, 0) is 22.6 Å². The number of amides is 2. The quantitative estimate of drug-likeness (QED) is 0.0723. The highest BCUT2D eigenvalue weighted by Crippen LogP contribution is 2.37. The van der Waals surface area contributed by atoms with Gasteiger partial charge < -0.3 is 40.3 Å². The van der Waals surface area contributed by atoms with E-state index in [1.807, 2.05) is 87.3 Å². The minimum Gasteiger partial charge on any atom is -0.508 e. The van der Waals surface area contributed by atoms with Gasteiger partial charge in [0.25, 0.3) is 0 Å². The molecule has 0 aliphatic carbocycles. The van der Waals surface area contributed by atoms with Crippen LogP contribution in [0.2, 0.25) is 0 Å². The van der Waals surface area contributed by atoms with Crippen molar-refractivity contribution >= 4 is 46.8 Å². The highest BCUT2D eigenvalue weighted by atomic mass is 16.5. The molecule has 0 atom stereocenters. The van der Waals surface area contributed by atoms with E-state index in [4.69, 9.17) is 9.72 Å². The van der Waals surface area contributed by atoms with Crippen LogP contribution in [-0.4, -0.2) is 81.1 Å². The zero-order chi connectivity index (χ0) is 43.2. The highest BCUT2D eigenvalue weighted by Gasteiger charge is 2.26. The number of H-pyrrole nitrogens is 1. The van der Waals surface area contributed by atoms with Crippen molar-refractivity contribution in [1.82, 2.24) is 30.0 Å². The van der Waals surface area contributed by atoms with Crippen LogP contribution in [0.25, 0.3) is 17.1 Å². The van der Waals surface area contributed by atoms with Crippen molar-refractivity contribution in [3.8, 4) is 34.3 Å². The first kappa shape index (κ1) is 41.8. The number of benzene rings is 4.